The first-order valence-electron chi connectivity index (χ1n) is 13.4. The molecule has 2 aliphatic rings. The van der Waals surface area contributed by atoms with Crippen LogP contribution in [-0.2, 0) is 0 Å². The average Bonchev–Trinajstić information content (AvgIpc) is 2.93. The quantitative estimate of drug-likeness (QED) is 0.337. The Morgan fingerprint density at radius 3 is 2.38 bits per heavy atom. The van der Waals surface area contributed by atoms with Crippen molar-refractivity contribution in [1.29, 1.82) is 0 Å². The van der Waals surface area contributed by atoms with Gasteiger partial charge in [-0.1, -0.05) is 62.0 Å². The summed E-state index contributed by atoms with van der Waals surface area (Å²) in [6.07, 6.45) is 6.09. The van der Waals surface area contributed by atoms with Crippen LogP contribution in [0.5, 0.6) is 5.75 Å². The number of carbonyl (C=O) groups excluding carboxylic acids is 1. The Hall–Kier alpha value is -3.73. The minimum absolute atomic E-state index is 0.0511. The van der Waals surface area contributed by atoms with E-state index in [1.54, 1.807) is 4.90 Å². The number of urea groups is 1. The molecule has 1 aliphatic heterocycles. The van der Waals surface area contributed by atoms with E-state index in [1.807, 2.05) is 36.4 Å². The molecule has 0 spiro atoms. The summed E-state index contributed by atoms with van der Waals surface area (Å²) in [5.41, 5.74) is 5.17. The Labute approximate surface area is 219 Å². The number of amides is 2. The number of hydrogen-bond donors (Lipinski definition) is 2. The highest BCUT2D eigenvalue weighted by Crippen LogP contribution is 2.40. The van der Waals surface area contributed by atoms with Crippen LogP contribution in [0.1, 0.15) is 56.9 Å². The summed E-state index contributed by atoms with van der Waals surface area (Å²) in [5.74, 6) is 2.19. The van der Waals surface area contributed by atoms with Gasteiger partial charge >= 0.3 is 6.03 Å². The molecule has 5 nitrogen and oxygen atoms in total. The molecule has 1 fully saturated rings. The summed E-state index contributed by atoms with van der Waals surface area (Å²) in [6.45, 7) is 6.26. The Balaban J connectivity index is 1.31. The lowest BCUT2D eigenvalue weighted by Gasteiger charge is -2.35. The third-order valence-electron chi connectivity index (χ3n) is 7.74. The molecular formula is C32H36N2O3. The van der Waals surface area contributed by atoms with Crippen LogP contribution >= 0.6 is 0 Å². The SMILES string of the molecule is C=C(O)CC1CCC(c2ccc(-c3ccc4c(c3)OC(CC)CN4C(=O)Nc3ccccc3)cc2)CC1. The number of carbonyl (C=O) groups is 1. The molecule has 37 heavy (non-hydrogen) atoms. The number of allylic oxidation sites excluding steroid dienone is 1. The molecule has 1 aliphatic carbocycles. The van der Waals surface area contributed by atoms with Crippen molar-refractivity contribution in [1.82, 2.24) is 0 Å². The lowest BCUT2D eigenvalue weighted by molar-refractivity contribution is 0.188. The number of aliphatic hydroxyl groups excluding tert-OH is 1. The number of hydrogen-bond acceptors (Lipinski definition) is 3. The highest BCUT2D eigenvalue weighted by atomic mass is 16.5. The minimum atomic E-state index is -0.149. The summed E-state index contributed by atoms with van der Waals surface area (Å²) >= 11 is 0. The molecule has 5 rings (SSSR count). The van der Waals surface area contributed by atoms with Crippen LogP contribution in [0.4, 0.5) is 16.2 Å². The zero-order valence-electron chi connectivity index (χ0n) is 21.5. The van der Waals surface area contributed by atoms with Crippen molar-refractivity contribution in [3.63, 3.8) is 0 Å². The molecule has 2 N–H and O–H groups in total. The fraction of sp³-hybridized carbons (Fsp3) is 0.344. The van der Waals surface area contributed by atoms with E-state index in [4.69, 9.17) is 4.74 Å². The maximum atomic E-state index is 13.1. The van der Waals surface area contributed by atoms with Crippen LogP contribution in [0.15, 0.2) is 85.1 Å². The second kappa shape index (κ2) is 11.1. The molecule has 0 saturated heterocycles. The van der Waals surface area contributed by atoms with Gasteiger partial charge in [-0.25, -0.2) is 4.79 Å². The van der Waals surface area contributed by atoms with Crippen LogP contribution in [0.25, 0.3) is 11.1 Å². The van der Waals surface area contributed by atoms with Crippen molar-refractivity contribution in [3.8, 4) is 16.9 Å². The van der Waals surface area contributed by atoms with E-state index in [1.165, 1.54) is 5.56 Å². The highest BCUT2D eigenvalue weighted by Gasteiger charge is 2.29. The molecule has 0 aromatic heterocycles. The molecule has 192 valence electrons. The fourth-order valence-electron chi connectivity index (χ4n) is 5.63. The molecule has 3 aromatic carbocycles. The van der Waals surface area contributed by atoms with Crippen molar-refractivity contribution in [3.05, 3.63) is 90.7 Å². The molecule has 1 atom stereocenters. The number of aliphatic hydroxyl groups is 1. The fourth-order valence-corrected chi connectivity index (χ4v) is 5.63. The molecule has 2 amide bonds. The van der Waals surface area contributed by atoms with Gasteiger partial charge in [0.25, 0.3) is 0 Å². The van der Waals surface area contributed by atoms with E-state index in [2.05, 4.69) is 55.2 Å². The topological polar surface area (TPSA) is 61.8 Å². The minimum Gasteiger partial charge on any atom is -0.513 e. The normalized spacial score (nSPS) is 21.0. The number of nitrogens with one attached hydrogen (secondary N) is 1. The Bertz CT molecular complexity index is 1230. The number of ether oxygens (including phenoxy) is 1. The Morgan fingerprint density at radius 2 is 1.70 bits per heavy atom. The monoisotopic (exact) mass is 496 g/mol. The van der Waals surface area contributed by atoms with Gasteiger partial charge in [-0.05, 0) is 84.9 Å². The van der Waals surface area contributed by atoms with Gasteiger partial charge in [0.05, 0.1) is 18.0 Å². The van der Waals surface area contributed by atoms with E-state index in [-0.39, 0.29) is 12.1 Å². The van der Waals surface area contributed by atoms with E-state index in [0.717, 1.165) is 66.8 Å². The van der Waals surface area contributed by atoms with Gasteiger partial charge in [0.1, 0.15) is 11.9 Å². The first-order valence-corrected chi connectivity index (χ1v) is 13.4. The van der Waals surface area contributed by atoms with Gasteiger partial charge in [-0.3, -0.25) is 4.90 Å². The molecule has 0 bridgehead atoms. The maximum absolute atomic E-state index is 13.1. The van der Waals surface area contributed by atoms with Crippen molar-refractivity contribution in [2.45, 2.75) is 57.5 Å². The Morgan fingerprint density at radius 1 is 1.00 bits per heavy atom. The number of benzene rings is 3. The highest BCUT2D eigenvalue weighted by molar-refractivity contribution is 6.03. The van der Waals surface area contributed by atoms with E-state index in [0.29, 0.717) is 24.1 Å². The van der Waals surface area contributed by atoms with Crippen molar-refractivity contribution in [2.75, 3.05) is 16.8 Å². The predicted octanol–water partition coefficient (Wildman–Crippen LogP) is 8.30. The third kappa shape index (κ3) is 5.82. The number of para-hydroxylation sites is 1. The van der Waals surface area contributed by atoms with Crippen LogP contribution in [0.3, 0.4) is 0 Å². The largest absolute Gasteiger partial charge is 0.513 e. The van der Waals surface area contributed by atoms with Gasteiger partial charge in [-0.15, -0.1) is 0 Å². The van der Waals surface area contributed by atoms with Gasteiger partial charge in [0, 0.05) is 12.1 Å². The Kier molecular flexibility index (Phi) is 7.50. The van der Waals surface area contributed by atoms with E-state index >= 15 is 0 Å². The van der Waals surface area contributed by atoms with Crippen molar-refractivity contribution in [2.24, 2.45) is 5.92 Å². The van der Waals surface area contributed by atoms with Gasteiger partial charge in [0.2, 0.25) is 0 Å². The van der Waals surface area contributed by atoms with Crippen LogP contribution in [0.2, 0.25) is 0 Å². The summed E-state index contributed by atoms with van der Waals surface area (Å²) in [7, 11) is 0. The van der Waals surface area contributed by atoms with Crippen LogP contribution in [-0.4, -0.2) is 23.8 Å². The summed E-state index contributed by atoms with van der Waals surface area (Å²) < 4.78 is 6.28. The summed E-state index contributed by atoms with van der Waals surface area (Å²) in [5, 5.41) is 12.5. The van der Waals surface area contributed by atoms with Crippen LogP contribution in [0, 0.1) is 5.92 Å². The lowest BCUT2D eigenvalue weighted by Crippen LogP contribution is -2.45. The zero-order chi connectivity index (χ0) is 25.8. The first kappa shape index (κ1) is 24.9. The van der Waals surface area contributed by atoms with Crippen molar-refractivity contribution < 1.29 is 14.6 Å². The molecule has 0 radical (unpaired) electrons. The number of rotatable bonds is 6. The van der Waals surface area contributed by atoms with E-state index < -0.39 is 0 Å². The number of anilines is 2. The number of fused-ring (bicyclic) bond motifs is 1. The van der Waals surface area contributed by atoms with Gasteiger partial charge < -0.3 is 15.2 Å². The second-order valence-electron chi connectivity index (χ2n) is 10.3. The predicted molar refractivity (Wildman–Crippen MR) is 150 cm³/mol. The van der Waals surface area contributed by atoms with Gasteiger partial charge in [0.15, 0.2) is 0 Å². The van der Waals surface area contributed by atoms with Crippen LogP contribution < -0.4 is 15.0 Å². The summed E-state index contributed by atoms with van der Waals surface area (Å²) in [4.78, 5) is 14.9. The van der Waals surface area contributed by atoms with Crippen molar-refractivity contribution >= 4 is 17.4 Å². The standard InChI is InChI=1S/C32H36N2O3/c1-3-29-21-34(32(36)33-28-7-5-4-6-8-28)30-18-17-27(20-31(30)37-29)26-15-13-25(14-16-26)24-11-9-23(10-12-24)19-22(2)35/h4-8,13-18,20,23-24,29,35H,2-3,9-12,19,21H2,1H3,(H,33,36). The molecule has 1 heterocycles. The zero-order valence-corrected chi connectivity index (χ0v) is 21.5. The molecule has 5 heteroatoms. The second-order valence-corrected chi connectivity index (χ2v) is 10.3. The number of nitrogens with zero attached hydrogens (tertiary/aromatic N) is 1. The maximum Gasteiger partial charge on any atom is 0.326 e. The molecule has 1 saturated carbocycles. The third-order valence-corrected chi connectivity index (χ3v) is 7.74. The molecular weight excluding hydrogens is 460 g/mol. The molecule has 1 unspecified atom stereocenters. The lowest BCUT2D eigenvalue weighted by atomic mass is 9.77. The van der Waals surface area contributed by atoms with Gasteiger partial charge in [-0.2, -0.15) is 0 Å². The first-order chi connectivity index (χ1) is 18.0. The van der Waals surface area contributed by atoms with E-state index in [9.17, 15) is 9.90 Å². The smallest absolute Gasteiger partial charge is 0.326 e. The molecule has 3 aromatic rings. The average molecular weight is 497 g/mol. The summed E-state index contributed by atoms with van der Waals surface area (Å²) in [6, 6.07) is 24.4.